The Morgan fingerprint density at radius 1 is 0.803 bits per heavy atom. The number of furan rings is 1. The van der Waals surface area contributed by atoms with Gasteiger partial charge in [-0.1, -0.05) is 200 Å². The summed E-state index contributed by atoms with van der Waals surface area (Å²) in [5, 5.41) is 4.89. The SMILES string of the molecule is C=C/C=C\C=C\N(/C(C=C)=C/C=C/[B]c1oc2ccc(C(C)(C)C)cc2c1N(C1=C/CC(C)(C)CCC(C)(C)C/C=C\1)C(/C=C/NC1=C(\C(C=C)=C\C=C)/C=C/C(C)(C)CCC(C)(C)\C=C\1)CC=C)/C(C)=C(C)/C=C\C. The average Bonchev–Trinajstić information content (AvgIpc) is 3.72. The zero-order chi connectivity index (χ0) is 56.3. The first-order valence-corrected chi connectivity index (χ1v) is 27.6. The first-order chi connectivity index (χ1) is 35.8. The first kappa shape index (κ1) is 62.1. The van der Waals surface area contributed by atoms with E-state index in [1.54, 1.807) is 6.08 Å². The van der Waals surface area contributed by atoms with E-state index in [4.69, 9.17) is 4.42 Å². The topological polar surface area (TPSA) is 31.7 Å². The van der Waals surface area contributed by atoms with Crippen LogP contribution in [0.1, 0.15) is 147 Å². The third-order valence-corrected chi connectivity index (χ3v) is 14.7. The second-order valence-electron chi connectivity index (χ2n) is 24.5. The first-order valence-electron chi connectivity index (χ1n) is 27.6. The van der Waals surface area contributed by atoms with Gasteiger partial charge in [0.15, 0.2) is 0 Å². The summed E-state index contributed by atoms with van der Waals surface area (Å²) in [4.78, 5) is 4.67. The average molecular weight is 1020 g/mol. The largest absolute Gasteiger partial charge is 0.469 e. The summed E-state index contributed by atoms with van der Waals surface area (Å²) in [5.41, 5.74) is 11.3. The van der Waals surface area contributed by atoms with Crippen LogP contribution < -0.4 is 15.9 Å². The molecule has 2 aromatic rings. The fourth-order valence-corrected chi connectivity index (χ4v) is 9.27. The van der Waals surface area contributed by atoms with Gasteiger partial charge in [0.1, 0.15) is 5.58 Å². The van der Waals surface area contributed by atoms with E-state index in [1.807, 2.05) is 55.5 Å². The number of rotatable bonds is 21. The van der Waals surface area contributed by atoms with E-state index in [2.05, 4.69) is 255 Å². The van der Waals surface area contributed by atoms with Crippen molar-refractivity contribution >= 4 is 29.6 Å². The number of hydrogen-bond acceptors (Lipinski definition) is 4. The van der Waals surface area contributed by atoms with Crippen molar-refractivity contribution < 1.29 is 4.42 Å². The van der Waals surface area contributed by atoms with Crippen LogP contribution in [-0.4, -0.2) is 18.2 Å². The molecule has 1 atom stereocenters. The summed E-state index contributed by atoms with van der Waals surface area (Å²) in [6.07, 6.45) is 55.6. The third kappa shape index (κ3) is 18.4. The molecule has 0 aliphatic heterocycles. The predicted molar refractivity (Wildman–Crippen MR) is 338 cm³/mol. The number of anilines is 1. The highest BCUT2D eigenvalue weighted by molar-refractivity contribution is 6.60. The van der Waals surface area contributed by atoms with Crippen molar-refractivity contribution in [3.05, 3.63) is 242 Å². The van der Waals surface area contributed by atoms with E-state index in [1.165, 1.54) is 5.56 Å². The quantitative estimate of drug-likeness (QED) is 0.0767. The second kappa shape index (κ2) is 28.1. The molecule has 1 aromatic carbocycles. The summed E-state index contributed by atoms with van der Waals surface area (Å²) in [7, 11) is 2.11. The van der Waals surface area contributed by atoms with Crippen LogP contribution in [0.2, 0.25) is 0 Å². The molecule has 1 radical (unpaired) electrons. The number of nitrogens with zero attached hydrogens (tertiary/aromatic N) is 2. The van der Waals surface area contributed by atoms with E-state index >= 15 is 0 Å². The molecule has 403 valence electrons. The molecule has 2 aliphatic rings. The van der Waals surface area contributed by atoms with E-state index < -0.39 is 0 Å². The van der Waals surface area contributed by atoms with Gasteiger partial charge in [-0.15, -0.1) is 12.6 Å². The van der Waals surface area contributed by atoms with Gasteiger partial charge in [-0.3, -0.25) is 0 Å². The maximum atomic E-state index is 7.05. The molecule has 0 saturated carbocycles. The molecule has 5 heteroatoms. The van der Waals surface area contributed by atoms with Crippen molar-refractivity contribution in [2.75, 3.05) is 4.90 Å². The number of allylic oxidation sites excluding steroid dienone is 23. The van der Waals surface area contributed by atoms with Crippen LogP contribution >= 0.6 is 0 Å². The van der Waals surface area contributed by atoms with Crippen LogP contribution in [0, 0.1) is 21.7 Å². The van der Waals surface area contributed by atoms with Crippen molar-refractivity contribution in [3.63, 3.8) is 0 Å². The number of nitrogens with one attached hydrogen (secondary N) is 1. The van der Waals surface area contributed by atoms with Gasteiger partial charge in [0, 0.05) is 39.9 Å². The lowest BCUT2D eigenvalue weighted by Crippen LogP contribution is -2.37. The Labute approximate surface area is 464 Å². The Morgan fingerprint density at radius 2 is 1.49 bits per heavy atom. The van der Waals surface area contributed by atoms with Crippen molar-refractivity contribution in [2.24, 2.45) is 21.7 Å². The van der Waals surface area contributed by atoms with Crippen LogP contribution in [0.5, 0.6) is 0 Å². The smallest absolute Gasteiger partial charge is 0.234 e. The van der Waals surface area contributed by atoms with Crippen LogP contribution in [0.15, 0.2) is 241 Å². The fraction of sp³-hybridized carbons (Fsp3) is 0.380. The molecule has 1 heterocycles. The number of benzene rings is 1. The van der Waals surface area contributed by atoms with Gasteiger partial charge in [0.05, 0.1) is 17.4 Å². The Morgan fingerprint density at radius 3 is 2.11 bits per heavy atom. The highest BCUT2D eigenvalue weighted by Crippen LogP contribution is 2.41. The molecule has 0 spiro atoms. The van der Waals surface area contributed by atoms with Gasteiger partial charge in [-0.05, 0) is 164 Å². The maximum Gasteiger partial charge on any atom is 0.234 e. The van der Waals surface area contributed by atoms with Crippen molar-refractivity contribution in [2.45, 2.75) is 153 Å². The summed E-state index contributed by atoms with van der Waals surface area (Å²) in [5.74, 6) is 2.08. The maximum absolute atomic E-state index is 7.05. The van der Waals surface area contributed by atoms with Crippen molar-refractivity contribution in [1.29, 1.82) is 0 Å². The molecular formula is C71H95BN3O. The van der Waals surface area contributed by atoms with Crippen LogP contribution in [0.4, 0.5) is 5.69 Å². The number of hydrogen-bond donors (Lipinski definition) is 1. The minimum Gasteiger partial charge on any atom is -0.469 e. The Bertz CT molecular complexity index is 2790. The zero-order valence-corrected chi connectivity index (χ0v) is 49.5. The normalized spacial score (nSPS) is 22.2. The van der Waals surface area contributed by atoms with Crippen LogP contribution in [0.25, 0.3) is 11.0 Å². The molecule has 4 nitrogen and oxygen atoms in total. The Balaban J connectivity index is 2.09. The van der Waals surface area contributed by atoms with E-state index in [0.29, 0.717) is 6.42 Å². The zero-order valence-electron chi connectivity index (χ0n) is 49.5. The molecular weight excluding hydrogens is 922 g/mol. The molecule has 1 N–H and O–H groups in total. The molecule has 1 unspecified atom stereocenters. The fourth-order valence-electron chi connectivity index (χ4n) is 9.27. The molecule has 2 aliphatic carbocycles. The highest BCUT2D eigenvalue weighted by Gasteiger charge is 2.31. The summed E-state index contributed by atoms with van der Waals surface area (Å²) in [6, 6.07) is 6.52. The van der Waals surface area contributed by atoms with E-state index in [9.17, 15) is 0 Å². The van der Waals surface area contributed by atoms with Crippen LogP contribution in [0.3, 0.4) is 0 Å². The van der Waals surface area contributed by atoms with Gasteiger partial charge in [0.25, 0.3) is 0 Å². The minimum absolute atomic E-state index is 0.00179. The molecule has 0 fully saturated rings. The molecule has 0 bridgehead atoms. The molecule has 4 rings (SSSR count). The molecule has 1 aromatic heterocycles. The molecule has 0 saturated heterocycles. The van der Waals surface area contributed by atoms with Crippen LogP contribution in [-0.2, 0) is 5.41 Å². The lowest BCUT2D eigenvalue weighted by Gasteiger charge is -2.35. The summed E-state index contributed by atoms with van der Waals surface area (Å²) >= 11 is 0. The standard InChI is InChI=1S/C71H95BN3O/c1-20-26-27-28-52-74(55(8)54(7)31-21-2)58(25-6)35-30-50-72-66-65(62-53-57(67(9,10)11)36-37-64(62)76-66)75(60-34-29-42-68(12,13)46-47-69(14,15)43-38-60)59(33-23-4)41-51-73-63-40-45-71(18,19)49-48-70(16,17)44-39-61(63)56(24-5)32-22-3/h20-32,34-41,44-45,50-53,59,73H,1,3-6,33,42-43,46-49H2,2,7-19H3/b27-26-,31-21-,34-29-,44-39+,45-40+,50-30+,51-41+,52-28+,55-54+,56-32+,58-35+,60-38+,63-61-. The third-order valence-electron chi connectivity index (χ3n) is 14.7. The van der Waals surface area contributed by atoms with Gasteiger partial charge >= 0.3 is 0 Å². The predicted octanol–water partition coefficient (Wildman–Crippen LogP) is 19.5. The van der Waals surface area contributed by atoms with E-state index in [-0.39, 0.29) is 33.1 Å². The van der Waals surface area contributed by atoms with Gasteiger partial charge < -0.3 is 19.5 Å². The highest BCUT2D eigenvalue weighted by atomic mass is 16.3. The lowest BCUT2D eigenvalue weighted by atomic mass is 9.73. The van der Waals surface area contributed by atoms with Crippen molar-refractivity contribution in [1.82, 2.24) is 10.2 Å². The van der Waals surface area contributed by atoms with E-state index in [0.717, 1.165) is 100 Å². The van der Waals surface area contributed by atoms with Crippen molar-refractivity contribution in [3.8, 4) is 0 Å². The Kier molecular flexibility index (Phi) is 22.9. The van der Waals surface area contributed by atoms with Gasteiger partial charge in [-0.25, -0.2) is 0 Å². The Hall–Kier alpha value is -6.46. The lowest BCUT2D eigenvalue weighted by molar-refractivity contribution is 0.241. The minimum atomic E-state index is -0.186. The molecule has 76 heavy (non-hydrogen) atoms. The van der Waals surface area contributed by atoms with Gasteiger partial charge in [-0.2, -0.15) is 0 Å². The number of fused-ring (bicyclic) bond motifs is 1. The second-order valence-corrected chi connectivity index (χ2v) is 24.5. The van der Waals surface area contributed by atoms with Gasteiger partial charge in [0.2, 0.25) is 7.28 Å². The molecule has 0 amide bonds. The summed E-state index contributed by atoms with van der Waals surface area (Å²) < 4.78 is 7.05. The monoisotopic (exact) mass is 1020 g/mol. The summed E-state index contributed by atoms with van der Waals surface area (Å²) in [6.45, 7) is 52.8.